The fourth-order valence-corrected chi connectivity index (χ4v) is 3.34. The standard InChI is InChI=1S/C22H28N2O2/c1-16(2)15-26-19-10-8-17(9-11-19)12-22(25)24-13-20(21(23)14-24)18-6-4-3-5-7-18/h3-11,16,20-21H,12-15,23H2,1-2H3/t20-,21+/m0/s1. The molecule has 0 spiro atoms. The van der Waals surface area contributed by atoms with Crippen LogP contribution < -0.4 is 10.5 Å². The van der Waals surface area contributed by atoms with Gasteiger partial charge in [0.05, 0.1) is 13.0 Å². The molecule has 26 heavy (non-hydrogen) atoms. The highest BCUT2D eigenvalue weighted by Gasteiger charge is 2.33. The van der Waals surface area contributed by atoms with Gasteiger partial charge in [0.25, 0.3) is 0 Å². The molecule has 4 heteroatoms. The summed E-state index contributed by atoms with van der Waals surface area (Å²) in [6.45, 7) is 6.26. The van der Waals surface area contributed by atoms with Crippen molar-refractivity contribution in [3.05, 3.63) is 65.7 Å². The van der Waals surface area contributed by atoms with E-state index >= 15 is 0 Å². The van der Waals surface area contributed by atoms with Gasteiger partial charge in [0.15, 0.2) is 0 Å². The average Bonchev–Trinajstić information content (AvgIpc) is 3.04. The zero-order valence-corrected chi connectivity index (χ0v) is 15.6. The van der Waals surface area contributed by atoms with Crippen molar-refractivity contribution in [1.82, 2.24) is 4.90 Å². The van der Waals surface area contributed by atoms with E-state index in [1.807, 2.05) is 47.4 Å². The van der Waals surface area contributed by atoms with Gasteiger partial charge in [-0.05, 0) is 29.2 Å². The van der Waals surface area contributed by atoms with Crippen molar-refractivity contribution in [1.29, 1.82) is 0 Å². The molecule has 2 aromatic rings. The third-order valence-electron chi connectivity index (χ3n) is 4.81. The summed E-state index contributed by atoms with van der Waals surface area (Å²) in [5.74, 6) is 1.69. The second kappa shape index (κ2) is 8.37. The van der Waals surface area contributed by atoms with Crippen LogP contribution in [0.2, 0.25) is 0 Å². The van der Waals surface area contributed by atoms with Crippen molar-refractivity contribution in [2.45, 2.75) is 32.2 Å². The van der Waals surface area contributed by atoms with Gasteiger partial charge in [-0.25, -0.2) is 0 Å². The number of benzene rings is 2. The van der Waals surface area contributed by atoms with Crippen LogP contribution in [0.25, 0.3) is 0 Å². The van der Waals surface area contributed by atoms with E-state index in [2.05, 4.69) is 26.0 Å². The number of ether oxygens (including phenoxy) is 1. The molecule has 1 aliphatic heterocycles. The molecule has 2 atom stereocenters. The Morgan fingerprint density at radius 3 is 2.46 bits per heavy atom. The van der Waals surface area contributed by atoms with Crippen molar-refractivity contribution in [3.63, 3.8) is 0 Å². The van der Waals surface area contributed by atoms with Gasteiger partial charge >= 0.3 is 0 Å². The Hall–Kier alpha value is -2.33. The van der Waals surface area contributed by atoms with Crippen LogP contribution in [0.15, 0.2) is 54.6 Å². The van der Waals surface area contributed by atoms with E-state index in [-0.39, 0.29) is 17.9 Å². The van der Waals surface area contributed by atoms with Gasteiger partial charge in [-0.2, -0.15) is 0 Å². The zero-order valence-electron chi connectivity index (χ0n) is 15.6. The summed E-state index contributed by atoms with van der Waals surface area (Å²) in [6.07, 6.45) is 0.401. The molecule has 0 saturated carbocycles. The number of hydrogen-bond donors (Lipinski definition) is 1. The van der Waals surface area contributed by atoms with Gasteiger partial charge in [0.2, 0.25) is 5.91 Å². The Morgan fingerprint density at radius 2 is 1.81 bits per heavy atom. The summed E-state index contributed by atoms with van der Waals surface area (Å²) in [5, 5.41) is 0. The topological polar surface area (TPSA) is 55.6 Å². The number of carbonyl (C=O) groups is 1. The Morgan fingerprint density at radius 1 is 1.12 bits per heavy atom. The number of nitrogens with zero attached hydrogens (tertiary/aromatic N) is 1. The summed E-state index contributed by atoms with van der Waals surface area (Å²) < 4.78 is 5.69. The Kier molecular flexibility index (Phi) is 5.94. The third kappa shape index (κ3) is 4.64. The highest BCUT2D eigenvalue weighted by molar-refractivity contribution is 5.79. The molecule has 0 aliphatic carbocycles. The summed E-state index contributed by atoms with van der Waals surface area (Å²) in [6, 6.07) is 18.0. The lowest BCUT2D eigenvalue weighted by molar-refractivity contribution is -0.129. The van der Waals surface area contributed by atoms with E-state index in [4.69, 9.17) is 10.5 Å². The molecule has 3 rings (SSSR count). The number of nitrogens with two attached hydrogens (primary N) is 1. The Labute approximate surface area is 156 Å². The van der Waals surface area contributed by atoms with E-state index in [1.165, 1.54) is 5.56 Å². The maximum absolute atomic E-state index is 12.7. The first-order valence-electron chi connectivity index (χ1n) is 9.33. The smallest absolute Gasteiger partial charge is 0.227 e. The van der Waals surface area contributed by atoms with Crippen molar-refractivity contribution >= 4 is 5.91 Å². The minimum atomic E-state index is -0.00633. The first kappa shape index (κ1) is 18.5. The molecule has 1 aliphatic rings. The number of hydrogen-bond acceptors (Lipinski definition) is 3. The SMILES string of the molecule is CC(C)COc1ccc(CC(=O)N2C[C@@H](N)[C@H](c3ccccc3)C2)cc1. The maximum Gasteiger partial charge on any atom is 0.227 e. The van der Waals surface area contributed by atoms with Crippen LogP contribution in [0, 0.1) is 5.92 Å². The molecule has 0 radical (unpaired) electrons. The zero-order chi connectivity index (χ0) is 18.5. The predicted molar refractivity (Wildman–Crippen MR) is 104 cm³/mol. The Balaban J connectivity index is 1.57. The minimum Gasteiger partial charge on any atom is -0.493 e. The molecule has 138 valence electrons. The van der Waals surface area contributed by atoms with Gasteiger partial charge in [-0.3, -0.25) is 4.79 Å². The largest absolute Gasteiger partial charge is 0.493 e. The van der Waals surface area contributed by atoms with Crippen LogP contribution in [0.5, 0.6) is 5.75 Å². The van der Waals surface area contributed by atoms with Gasteiger partial charge < -0.3 is 15.4 Å². The summed E-state index contributed by atoms with van der Waals surface area (Å²) in [7, 11) is 0. The quantitative estimate of drug-likeness (QED) is 0.868. The molecule has 2 N–H and O–H groups in total. The molecule has 1 heterocycles. The Bertz CT molecular complexity index is 713. The lowest BCUT2D eigenvalue weighted by atomic mass is 9.95. The summed E-state index contributed by atoms with van der Waals surface area (Å²) in [5.41, 5.74) is 8.51. The lowest BCUT2D eigenvalue weighted by Gasteiger charge is -2.17. The molecule has 1 fully saturated rings. The monoisotopic (exact) mass is 352 g/mol. The molecule has 0 bridgehead atoms. The number of likely N-dealkylation sites (tertiary alicyclic amines) is 1. The highest BCUT2D eigenvalue weighted by Crippen LogP contribution is 2.27. The van der Waals surface area contributed by atoms with Crippen LogP contribution >= 0.6 is 0 Å². The summed E-state index contributed by atoms with van der Waals surface area (Å²) in [4.78, 5) is 14.6. The molecule has 2 aromatic carbocycles. The van der Waals surface area contributed by atoms with Crippen LogP contribution in [-0.2, 0) is 11.2 Å². The summed E-state index contributed by atoms with van der Waals surface area (Å²) >= 11 is 0. The number of carbonyl (C=O) groups excluding carboxylic acids is 1. The van der Waals surface area contributed by atoms with Crippen LogP contribution in [0.1, 0.15) is 30.9 Å². The number of rotatable bonds is 6. The van der Waals surface area contributed by atoms with Crippen LogP contribution in [0.3, 0.4) is 0 Å². The molecule has 0 unspecified atom stereocenters. The first-order chi connectivity index (χ1) is 12.5. The highest BCUT2D eigenvalue weighted by atomic mass is 16.5. The van der Waals surface area contributed by atoms with Crippen molar-refractivity contribution in [3.8, 4) is 5.75 Å². The van der Waals surface area contributed by atoms with Crippen LogP contribution in [0.4, 0.5) is 0 Å². The predicted octanol–water partition coefficient (Wildman–Crippen LogP) is 3.22. The van der Waals surface area contributed by atoms with Crippen molar-refractivity contribution in [2.75, 3.05) is 19.7 Å². The van der Waals surface area contributed by atoms with Crippen molar-refractivity contribution in [2.24, 2.45) is 11.7 Å². The molecule has 0 aromatic heterocycles. The van der Waals surface area contributed by atoms with E-state index in [0.29, 0.717) is 32.0 Å². The van der Waals surface area contributed by atoms with Gasteiger partial charge in [0.1, 0.15) is 5.75 Å². The molecular weight excluding hydrogens is 324 g/mol. The third-order valence-corrected chi connectivity index (χ3v) is 4.81. The van der Waals surface area contributed by atoms with E-state index < -0.39 is 0 Å². The second-order valence-electron chi connectivity index (χ2n) is 7.51. The van der Waals surface area contributed by atoms with E-state index in [1.54, 1.807) is 0 Å². The van der Waals surface area contributed by atoms with E-state index in [9.17, 15) is 4.79 Å². The molecule has 4 nitrogen and oxygen atoms in total. The second-order valence-corrected chi connectivity index (χ2v) is 7.51. The molecule has 1 amide bonds. The average molecular weight is 352 g/mol. The van der Waals surface area contributed by atoms with Crippen molar-refractivity contribution < 1.29 is 9.53 Å². The van der Waals surface area contributed by atoms with E-state index in [0.717, 1.165) is 11.3 Å². The normalized spacial score (nSPS) is 19.8. The fourth-order valence-electron chi connectivity index (χ4n) is 3.34. The minimum absolute atomic E-state index is 0.00633. The maximum atomic E-state index is 12.7. The molecular formula is C22H28N2O2. The lowest BCUT2D eigenvalue weighted by Crippen LogP contribution is -2.33. The van der Waals surface area contributed by atoms with Gasteiger partial charge in [0, 0.05) is 25.0 Å². The van der Waals surface area contributed by atoms with Gasteiger partial charge in [-0.1, -0.05) is 56.3 Å². The van der Waals surface area contributed by atoms with Crippen LogP contribution in [-0.4, -0.2) is 36.5 Å². The molecule has 1 saturated heterocycles. The fraction of sp³-hybridized carbons (Fsp3) is 0.409. The number of amides is 1. The first-order valence-corrected chi connectivity index (χ1v) is 9.33. The van der Waals surface area contributed by atoms with Gasteiger partial charge in [-0.15, -0.1) is 0 Å².